The van der Waals surface area contributed by atoms with E-state index in [1.54, 1.807) is 30.6 Å². The van der Waals surface area contributed by atoms with Gasteiger partial charge in [-0.25, -0.2) is 0 Å². The van der Waals surface area contributed by atoms with Crippen LogP contribution in [0.5, 0.6) is 11.5 Å². The van der Waals surface area contributed by atoms with E-state index in [9.17, 15) is 10.1 Å². The highest BCUT2D eigenvalue weighted by molar-refractivity contribution is 5.99. The summed E-state index contributed by atoms with van der Waals surface area (Å²) in [4.78, 5) is 16.2. The maximum Gasteiger partial charge on any atom is 0.169 e. The lowest BCUT2D eigenvalue weighted by Crippen LogP contribution is -2.16. The number of rotatable bonds is 4. The van der Waals surface area contributed by atoms with Crippen LogP contribution in [-0.2, 0) is 0 Å². The number of hydrogen-bond acceptors (Lipinski definition) is 5. The van der Waals surface area contributed by atoms with Gasteiger partial charge in [-0.3, -0.25) is 9.78 Å². The summed E-state index contributed by atoms with van der Waals surface area (Å²) < 4.78 is 12.1. The Bertz CT molecular complexity index is 1330. The van der Waals surface area contributed by atoms with Gasteiger partial charge in [0.1, 0.15) is 17.6 Å². The van der Waals surface area contributed by atoms with Crippen molar-refractivity contribution in [3.63, 3.8) is 0 Å². The van der Waals surface area contributed by atoms with E-state index in [2.05, 4.69) is 11.1 Å². The first-order valence-corrected chi connectivity index (χ1v) is 10.0. The normalized spacial score (nSPS) is 13.7. The maximum absolute atomic E-state index is 12.1. The number of benzene rings is 3. The van der Waals surface area contributed by atoms with Crippen molar-refractivity contribution in [3.05, 3.63) is 101 Å². The number of ether oxygens (including phenoxy) is 2. The molecule has 0 amide bonds. The quantitative estimate of drug-likeness (QED) is 0.463. The number of carbonyl (C=O) groups is 1. The zero-order chi connectivity index (χ0) is 21.2. The maximum atomic E-state index is 12.1. The van der Waals surface area contributed by atoms with Crippen molar-refractivity contribution in [2.45, 2.75) is 12.5 Å². The molecular weight excluding hydrogens is 388 g/mol. The first-order valence-electron chi connectivity index (χ1n) is 10.0. The third kappa shape index (κ3) is 3.49. The van der Waals surface area contributed by atoms with Crippen LogP contribution >= 0.6 is 0 Å². The predicted octanol–water partition coefficient (Wildman–Crippen LogP) is 5.24. The standard InChI is InChI=1S/C26H18N2O3/c27-16-18-5-7-22(21-4-2-1-3-20(18)21)26(17-9-12-28-13-10-17)31-19-6-8-23-24(29)11-14-30-25(23)15-19/h1-10,12-13,15,26H,11,14H2/t26-/m0/s1. The van der Waals surface area contributed by atoms with Gasteiger partial charge < -0.3 is 9.47 Å². The van der Waals surface area contributed by atoms with Crippen LogP contribution < -0.4 is 9.47 Å². The van der Waals surface area contributed by atoms with E-state index >= 15 is 0 Å². The van der Waals surface area contributed by atoms with Gasteiger partial charge in [0.2, 0.25) is 0 Å². The van der Waals surface area contributed by atoms with E-state index in [0.717, 1.165) is 21.9 Å². The number of nitriles is 1. The Morgan fingerprint density at radius 3 is 2.61 bits per heavy atom. The number of carbonyl (C=O) groups excluding carboxylic acids is 1. The van der Waals surface area contributed by atoms with Crippen LogP contribution in [0.4, 0.5) is 0 Å². The molecule has 5 heteroatoms. The highest BCUT2D eigenvalue weighted by Gasteiger charge is 2.23. The number of pyridine rings is 1. The molecule has 0 unspecified atom stereocenters. The van der Waals surface area contributed by atoms with Gasteiger partial charge in [-0.15, -0.1) is 0 Å². The summed E-state index contributed by atoms with van der Waals surface area (Å²) in [6, 6.07) is 23.0. The predicted molar refractivity (Wildman–Crippen MR) is 116 cm³/mol. The van der Waals surface area contributed by atoms with Gasteiger partial charge in [-0.1, -0.05) is 30.3 Å². The lowest BCUT2D eigenvalue weighted by Gasteiger charge is -2.23. The summed E-state index contributed by atoms with van der Waals surface area (Å²) in [5.41, 5.74) is 3.08. The largest absolute Gasteiger partial charge is 0.492 e. The Morgan fingerprint density at radius 1 is 1.00 bits per heavy atom. The molecule has 0 saturated carbocycles. The molecule has 2 heterocycles. The van der Waals surface area contributed by atoms with E-state index in [4.69, 9.17) is 9.47 Å². The van der Waals surface area contributed by atoms with E-state index in [0.29, 0.717) is 35.7 Å². The molecule has 3 aromatic carbocycles. The molecule has 4 aromatic rings. The van der Waals surface area contributed by atoms with Crippen LogP contribution in [-0.4, -0.2) is 17.4 Å². The van der Waals surface area contributed by atoms with Crippen LogP contribution in [0.1, 0.15) is 39.6 Å². The molecule has 0 radical (unpaired) electrons. The van der Waals surface area contributed by atoms with Crippen molar-refractivity contribution in [1.82, 2.24) is 4.98 Å². The van der Waals surface area contributed by atoms with Gasteiger partial charge in [0, 0.05) is 30.4 Å². The number of hydrogen-bond donors (Lipinski definition) is 0. The second kappa shape index (κ2) is 7.92. The minimum atomic E-state index is -0.432. The highest BCUT2D eigenvalue weighted by atomic mass is 16.5. The molecule has 0 aliphatic carbocycles. The molecule has 0 saturated heterocycles. The molecule has 5 nitrogen and oxygen atoms in total. The fourth-order valence-corrected chi connectivity index (χ4v) is 3.95. The summed E-state index contributed by atoms with van der Waals surface area (Å²) >= 11 is 0. The lowest BCUT2D eigenvalue weighted by atomic mass is 9.93. The zero-order valence-corrected chi connectivity index (χ0v) is 16.6. The van der Waals surface area contributed by atoms with Crippen LogP contribution in [0.15, 0.2) is 79.1 Å². The number of fused-ring (bicyclic) bond motifs is 2. The Balaban J connectivity index is 1.63. The number of aromatic nitrogens is 1. The van der Waals surface area contributed by atoms with Crippen molar-refractivity contribution >= 4 is 16.6 Å². The number of nitrogens with zero attached hydrogens (tertiary/aromatic N) is 2. The molecule has 1 aromatic heterocycles. The van der Waals surface area contributed by atoms with Gasteiger partial charge in [0.15, 0.2) is 5.78 Å². The van der Waals surface area contributed by atoms with Gasteiger partial charge in [0.25, 0.3) is 0 Å². The zero-order valence-electron chi connectivity index (χ0n) is 16.6. The van der Waals surface area contributed by atoms with Crippen molar-refractivity contribution in [3.8, 4) is 17.6 Å². The summed E-state index contributed by atoms with van der Waals surface area (Å²) in [7, 11) is 0. The van der Waals surface area contributed by atoms with E-state index in [-0.39, 0.29) is 5.78 Å². The van der Waals surface area contributed by atoms with E-state index < -0.39 is 6.10 Å². The Labute approximate surface area is 179 Å². The minimum absolute atomic E-state index is 0.0802. The van der Waals surface area contributed by atoms with Crippen molar-refractivity contribution in [2.75, 3.05) is 6.61 Å². The van der Waals surface area contributed by atoms with Gasteiger partial charge in [-0.2, -0.15) is 5.26 Å². The second-order valence-corrected chi connectivity index (χ2v) is 7.32. The topological polar surface area (TPSA) is 72.2 Å². The van der Waals surface area contributed by atoms with Crippen molar-refractivity contribution in [1.29, 1.82) is 5.26 Å². The smallest absolute Gasteiger partial charge is 0.169 e. The Morgan fingerprint density at radius 2 is 1.81 bits per heavy atom. The second-order valence-electron chi connectivity index (χ2n) is 7.32. The monoisotopic (exact) mass is 406 g/mol. The Hall–Kier alpha value is -4.17. The SMILES string of the molecule is N#Cc1ccc([C@@H](Oc2ccc3c(c2)OCCC3=O)c2ccncc2)c2ccccc12. The molecule has 0 spiro atoms. The fourth-order valence-electron chi connectivity index (χ4n) is 3.95. The number of ketones is 1. The van der Waals surface area contributed by atoms with Crippen LogP contribution in [0, 0.1) is 11.3 Å². The fraction of sp³-hybridized carbons (Fsp3) is 0.115. The third-order valence-corrected chi connectivity index (χ3v) is 5.46. The summed E-state index contributed by atoms with van der Waals surface area (Å²) in [5.74, 6) is 1.23. The molecule has 0 bridgehead atoms. The summed E-state index contributed by atoms with van der Waals surface area (Å²) in [6.45, 7) is 0.378. The minimum Gasteiger partial charge on any atom is -0.492 e. The molecule has 1 aliphatic rings. The average molecular weight is 406 g/mol. The molecule has 31 heavy (non-hydrogen) atoms. The third-order valence-electron chi connectivity index (χ3n) is 5.46. The van der Waals surface area contributed by atoms with Crippen molar-refractivity contribution in [2.24, 2.45) is 0 Å². The van der Waals surface area contributed by atoms with Crippen LogP contribution in [0.2, 0.25) is 0 Å². The summed E-state index contributed by atoms with van der Waals surface area (Å²) in [6.07, 6.45) is 3.42. The number of Topliss-reactive ketones (excluding diaryl/α,β-unsaturated/α-hetero) is 1. The van der Waals surface area contributed by atoms with E-state index in [1.165, 1.54) is 0 Å². The molecule has 1 aliphatic heterocycles. The molecule has 0 N–H and O–H groups in total. The lowest BCUT2D eigenvalue weighted by molar-refractivity contribution is 0.0933. The Kier molecular flexibility index (Phi) is 4.81. The first kappa shape index (κ1) is 18.8. The first-order chi connectivity index (χ1) is 15.2. The van der Waals surface area contributed by atoms with Crippen molar-refractivity contribution < 1.29 is 14.3 Å². The van der Waals surface area contributed by atoms with Gasteiger partial charge >= 0.3 is 0 Å². The van der Waals surface area contributed by atoms with Crippen LogP contribution in [0.25, 0.3) is 10.8 Å². The average Bonchev–Trinajstić information content (AvgIpc) is 2.83. The van der Waals surface area contributed by atoms with Crippen LogP contribution in [0.3, 0.4) is 0 Å². The summed E-state index contributed by atoms with van der Waals surface area (Å²) in [5, 5.41) is 11.4. The van der Waals surface area contributed by atoms with Gasteiger partial charge in [0.05, 0.1) is 23.8 Å². The van der Waals surface area contributed by atoms with E-state index in [1.807, 2.05) is 48.5 Å². The molecule has 1 atom stereocenters. The van der Waals surface area contributed by atoms with Gasteiger partial charge in [-0.05, 0) is 46.7 Å². The molecule has 5 rings (SSSR count). The molecule has 0 fully saturated rings. The molecular formula is C26H18N2O3. The molecule has 150 valence electrons. The highest BCUT2D eigenvalue weighted by Crippen LogP contribution is 2.36.